The number of nitrogens with two attached hydrogens (primary N) is 1. The molecule has 2 heterocycles. The van der Waals surface area contributed by atoms with Gasteiger partial charge in [-0.3, -0.25) is 4.79 Å². The van der Waals surface area contributed by atoms with E-state index in [1.165, 1.54) is 43.4 Å². The van der Waals surface area contributed by atoms with E-state index < -0.39 is 17.5 Å². The molecule has 1 fully saturated rings. The van der Waals surface area contributed by atoms with E-state index in [-0.39, 0.29) is 39.7 Å². The molecule has 0 spiro atoms. The van der Waals surface area contributed by atoms with Crippen LogP contribution in [-0.2, 0) is 7.05 Å². The van der Waals surface area contributed by atoms with Crippen LogP contribution in [0.5, 0.6) is 0 Å². The largest absolute Gasteiger partial charge is 0.337 e. The minimum absolute atomic E-state index is 0.0885. The maximum Gasteiger partial charge on any atom is 0.253 e. The number of hydrogen-bond acceptors (Lipinski definition) is 5. The molecule has 1 amide bonds. The summed E-state index contributed by atoms with van der Waals surface area (Å²) >= 11 is 0. The number of benzene rings is 3. The Morgan fingerprint density at radius 1 is 1.09 bits per heavy atom. The standard InChI is InChI=1S/C25H19F3N6O/c1-33-24-21(31-32-33)10-19(22(27)23(24)28)17-5-4-14(25(35)34-7-6-16(30)12-34)8-18(17)13-2-3-15(11-29)20(26)9-13/h2-5,8-10,16H,6-7,12,30H2,1H3. The third-order valence-corrected chi connectivity index (χ3v) is 6.24. The lowest BCUT2D eigenvalue weighted by Gasteiger charge is -2.18. The predicted molar refractivity (Wildman–Crippen MR) is 122 cm³/mol. The Kier molecular flexibility index (Phi) is 5.49. The first-order valence-corrected chi connectivity index (χ1v) is 10.8. The number of nitriles is 1. The summed E-state index contributed by atoms with van der Waals surface area (Å²) < 4.78 is 45.8. The fraction of sp³-hybridized carbons (Fsp3) is 0.200. The van der Waals surface area contributed by atoms with Crippen LogP contribution < -0.4 is 5.73 Å². The second kappa shape index (κ2) is 8.52. The number of carbonyl (C=O) groups is 1. The number of likely N-dealkylation sites (tertiary alicyclic amines) is 1. The van der Waals surface area contributed by atoms with E-state index in [1.807, 2.05) is 0 Å². The van der Waals surface area contributed by atoms with Crippen LogP contribution >= 0.6 is 0 Å². The van der Waals surface area contributed by atoms with Gasteiger partial charge in [0.1, 0.15) is 22.9 Å². The second-order valence-electron chi connectivity index (χ2n) is 8.50. The van der Waals surface area contributed by atoms with Crippen molar-refractivity contribution in [2.75, 3.05) is 13.1 Å². The van der Waals surface area contributed by atoms with Crippen LogP contribution in [0.1, 0.15) is 22.3 Å². The van der Waals surface area contributed by atoms with Crippen molar-refractivity contribution < 1.29 is 18.0 Å². The van der Waals surface area contributed by atoms with Gasteiger partial charge in [-0.15, -0.1) is 5.10 Å². The van der Waals surface area contributed by atoms with Gasteiger partial charge < -0.3 is 10.6 Å². The molecule has 0 radical (unpaired) electrons. The smallest absolute Gasteiger partial charge is 0.253 e. The molecule has 3 aromatic carbocycles. The number of carbonyl (C=O) groups excluding carboxylic acids is 1. The molecule has 35 heavy (non-hydrogen) atoms. The van der Waals surface area contributed by atoms with Gasteiger partial charge in [-0.1, -0.05) is 17.3 Å². The van der Waals surface area contributed by atoms with Crippen molar-refractivity contribution in [2.24, 2.45) is 12.8 Å². The molecule has 1 atom stereocenters. The highest BCUT2D eigenvalue weighted by Gasteiger charge is 2.26. The zero-order valence-electron chi connectivity index (χ0n) is 18.6. The summed E-state index contributed by atoms with van der Waals surface area (Å²) in [5.41, 5.74) is 6.83. The summed E-state index contributed by atoms with van der Waals surface area (Å²) in [6, 6.07) is 11.5. The van der Waals surface area contributed by atoms with Crippen molar-refractivity contribution in [1.29, 1.82) is 5.26 Å². The van der Waals surface area contributed by atoms with E-state index in [4.69, 9.17) is 11.0 Å². The van der Waals surface area contributed by atoms with Crippen molar-refractivity contribution in [3.63, 3.8) is 0 Å². The van der Waals surface area contributed by atoms with E-state index in [9.17, 15) is 13.6 Å². The Morgan fingerprint density at radius 3 is 2.57 bits per heavy atom. The maximum atomic E-state index is 15.3. The van der Waals surface area contributed by atoms with Gasteiger partial charge in [0, 0.05) is 37.3 Å². The van der Waals surface area contributed by atoms with Crippen LogP contribution in [0.4, 0.5) is 13.2 Å². The van der Waals surface area contributed by atoms with Gasteiger partial charge in [0.15, 0.2) is 11.6 Å². The molecule has 10 heteroatoms. The van der Waals surface area contributed by atoms with Crippen LogP contribution in [-0.4, -0.2) is 44.9 Å². The van der Waals surface area contributed by atoms with Crippen LogP contribution in [0, 0.1) is 28.8 Å². The lowest BCUT2D eigenvalue weighted by atomic mass is 9.91. The Bertz CT molecular complexity index is 1540. The number of aromatic nitrogens is 3. The van der Waals surface area contributed by atoms with Gasteiger partial charge >= 0.3 is 0 Å². The van der Waals surface area contributed by atoms with Gasteiger partial charge in [-0.2, -0.15) is 5.26 Å². The Hall–Kier alpha value is -4.23. The molecule has 4 aromatic rings. The molecule has 0 bridgehead atoms. The number of amides is 1. The van der Waals surface area contributed by atoms with E-state index in [1.54, 1.807) is 11.0 Å². The van der Waals surface area contributed by atoms with Crippen molar-refractivity contribution in [2.45, 2.75) is 12.5 Å². The van der Waals surface area contributed by atoms with Gasteiger partial charge in [-0.05, 0) is 53.4 Å². The SMILES string of the molecule is Cn1nnc2cc(-c3ccc(C(=O)N4CCC(N)C4)cc3-c3ccc(C#N)c(F)c3)c(F)c(F)c21. The van der Waals surface area contributed by atoms with Crippen LogP contribution in [0.2, 0.25) is 0 Å². The lowest BCUT2D eigenvalue weighted by Crippen LogP contribution is -2.31. The van der Waals surface area contributed by atoms with Crippen molar-refractivity contribution in [3.8, 4) is 28.3 Å². The fourth-order valence-corrected chi connectivity index (χ4v) is 4.42. The molecular formula is C25H19F3N6O. The van der Waals surface area contributed by atoms with Crippen molar-refractivity contribution >= 4 is 16.9 Å². The molecule has 1 unspecified atom stereocenters. The van der Waals surface area contributed by atoms with Gasteiger partial charge in [0.25, 0.3) is 5.91 Å². The molecule has 7 nitrogen and oxygen atoms in total. The van der Waals surface area contributed by atoms with Gasteiger partial charge in [-0.25, -0.2) is 17.9 Å². The highest BCUT2D eigenvalue weighted by Crippen LogP contribution is 2.38. The van der Waals surface area contributed by atoms with E-state index >= 15 is 4.39 Å². The Morgan fingerprint density at radius 2 is 1.89 bits per heavy atom. The number of nitrogens with zero attached hydrogens (tertiary/aromatic N) is 5. The summed E-state index contributed by atoms with van der Waals surface area (Å²) in [6.45, 7) is 0.913. The molecule has 5 rings (SSSR count). The Labute approximate surface area is 198 Å². The third kappa shape index (κ3) is 3.80. The van der Waals surface area contributed by atoms with Crippen LogP contribution in [0.15, 0.2) is 42.5 Å². The van der Waals surface area contributed by atoms with E-state index in [0.29, 0.717) is 36.2 Å². The zero-order chi connectivity index (χ0) is 24.9. The fourth-order valence-electron chi connectivity index (χ4n) is 4.42. The number of halogens is 3. The van der Waals surface area contributed by atoms with E-state index in [2.05, 4.69) is 10.3 Å². The normalized spacial score (nSPS) is 15.5. The summed E-state index contributed by atoms with van der Waals surface area (Å²) in [5.74, 6) is -3.28. The van der Waals surface area contributed by atoms with Crippen molar-refractivity contribution in [1.82, 2.24) is 19.9 Å². The Balaban J connectivity index is 1.71. The zero-order valence-corrected chi connectivity index (χ0v) is 18.6. The predicted octanol–water partition coefficient (Wildman–Crippen LogP) is 3.76. The molecule has 1 aromatic heterocycles. The molecule has 0 saturated carbocycles. The first kappa shape index (κ1) is 22.6. The molecule has 1 saturated heterocycles. The van der Waals surface area contributed by atoms with Crippen molar-refractivity contribution in [3.05, 3.63) is 71.0 Å². The molecule has 2 N–H and O–H groups in total. The molecule has 176 valence electrons. The summed E-state index contributed by atoms with van der Waals surface area (Å²) in [6.07, 6.45) is 0.681. The van der Waals surface area contributed by atoms with E-state index in [0.717, 1.165) is 10.7 Å². The molecular weight excluding hydrogens is 457 g/mol. The monoisotopic (exact) mass is 476 g/mol. The van der Waals surface area contributed by atoms with Crippen LogP contribution in [0.3, 0.4) is 0 Å². The average Bonchev–Trinajstić information content (AvgIpc) is 3.46. The lowest BCUT2D eigenvalue weighted by molar-refractivity contribution is 0.0791. The number of rotatable bonds is 3. The summed E-state index contributed by atoms with van der Waals surface area (Å²) in [5, 5.41) is 16.7. The number of fused-ring (bicyclic) bond motifs is 1. The highest BCUT2D eigenvalue weighted by atomic mass is 19.2. The first-order valence-electron chi connectivity index (χ1n) is 10.8. The minimum Gasteiger partial charge on any atom is -0.337 e. The van der Waals surface area contributed by atoms with Crippen LogP contribution in [0.25, 0.3) is 33.3 Å². The number of hydrogen-bond donors (Lipinski definition) is 1. The molecule has 1 aliphatic heterocycles. The maximum absolute atomic E-state index is 15.3. The minimum atomic E-state index is -1.12. The topological polar surface area (TPSA) is 101 Å². The highest BCUT2D eigenvalue weighted by molar-refractivity contribution is 5.98. The second-order valence-corrected chi connectivity index (χ2v) is 8.50. The summed E-state index contributed by atoms with van der Waals surface area (Å²) in [4.78, 5) is 14.7. The number of aryl methyl sites for hydroxylation is 1. The third-order valence-electron chi connectivity index (χ3n) is 6.24. The van der Waals surface area contributed by atoms with Gasteiger partial charge in [0.05, 0.1) is 5.56 Å². The molecule has 0 aliphatic carbocycles. The average molecular weight is 476 g/mol. The van der Waals surface area contributed by atoms with Gasteiger partial charge in [0.2, 0.25) is 0 Å². The molecule has 1 aliphatic rings. The first-order chi connectivity index (χ1) is 16.8. The quantitative estimate of drug-likeness (QED) is 0.485. The summed E-state index contributed by atoms with van der Waals surface area (Å²) in [7, 11) is 1.45.